The summed E-state index contributed by atoms with van der Waals surface area (Å²) in [7, 11) is 0. The lowest BCUT2D eigenvalue weighted by atomic mass is 10.0. The number of benzene rings is 1. The number of rotatable bonds is 6. The molecule has 0 N–H and O–H groups in total. The first-order valence-electron chi connectivity index (χ1n) is 6.25. The SMILES string of the molecule is CC(C)COc1ccc(C(=O)CC(C)C)cc1. The number of ether oxygens (including phenoxy) is 1. The van der Waals surface area contributed by atoms with Crippen LogP contribution in [0.15, 0.2) is 24.3 Å². The zero-order valence-electron chi connectivity index (χ0n) is 11.2. The summed E-state index contributed by atoms with van der Waals surface area (Å²) < 4.78 is 5.57. The maximum Gasteiger partial charge on any atom is 0.163 e. The Hall–Kier alpha value is -1.31. The Bertz CT molecular complexity index is 350. The molecular weight excluding hydrogens is 212 g/mol. The van der Waals surface area contributed by atoms with E-state index in [2.05, 4.69) is 27.7 Å². The van der Waals surface area contributed by atoms with E-state index in [4.69, 9.17) is 4.74 Å². The van der Waals surface area contributed by atoms with Gasteiger partial charge >= 0.3 is 0 Å². The fourth-order valence-electron chi connectivity index (χ4n) is 1.49. The summed E-state index contributed by atoms with van der Waals surface area (Å²) in [4.78, 5) is 11.8. The zero-order chi connectivity index (χ0) is 12.8. The molecule has 0 bridgehead atoms. The smallest absolute Gasteiger partial charge is 0.163 e. The Morgan fingerprint density at radius 2 is 1.65 bits per heavy atom. The van der Waals surface area contributed by atoms with E-state index in [0.29, 0.717) is 24.9 Å². The summed E-state index contributed by atoms with van der Waals surface area (Å²) >= 11 is 0. The van der Waals surface area contributed by atoms with Crippen molar-refractivity contribution in [3.63, 3.8) is 0 Å². The van der Waals surface area contributed by atoms with Crippen molar-refractivity contribution in [1.82, 2.24) is 0 Å². The highest BCUT2D eigenvalue weighted by atomic mass is 16.5. The van der Waals surface area contributed by atoms with E-state index in [1.54, 1.807) is 0 Å². The van der Waals surface area contributed by atoms with E-state index >= 15 is 0 Å². The molecule has 0 unspecified atom stereocenters. The molecule has 0 heterocycles. The molecule has 17 heavy (non-hydrogen) atoms. The van der Waals surface area contributed by atoms with Gasteiger partial charge in [0.05, 0.1) is 6.61 Å². The van der Waals surface area contributed by atoms with Gasteiger partial charge in [0, 0.05) is 12.0 Å². The van der Waals surface area contributed by atoms with Gasteiger partial charge in [0.2, 0.25) is 0 Å². The van der Waals surface area contributed by atoms with Gasteiger partial charge in [-0.05, 0) is 36.1 Å². The number of Topliss-reactive ketones (excluding diaryl/α,β-unsaturated/α-hetero) is 1. The van der Waals surface area contributed by atoms with Crippen molar-refractivity contribution in [3.05, 3.63) is 29.8 Å². The van der Waals surface area contributed by atoms with Crippen LogP contribution in [0.4, 0.5) is 0 Å². The highest BCUT2D eigenvalue weighted by molar-refractivity contribution is 5.96. The standard InChI is InChI=1S/C15H22O2/c1-11(2)9-15(16)13-5-7-14(8-6-13)17-10-12(3)4/h5-8,11-12H,9-10H2,1-4H3. The topological polar surface area (TPSA) is 26.3 Å². The average Bonchev–Trinajstić information content (AvgIpc) is 2.26. The monoisotopic (exact) mass is 234 g/mol. The maximum absolute atomic E-state index is 11.8. The summed E-state index contributed by atoms with van der Waals surface area (Å²) in [5.74, 6) is 1.95. The number of ketones is 1. The minimum atomic E-state index is 0.204. The van der Waals surface area contributed by atoms with Gasteiger partial charge in [-0.2, -0.15) is 0 Å². The predicted octanol–water partition coefficient (Wildman–Crippen LogP) is 3.95. The molecule has 0 fully saturated rings. The molecule has 0 saturated heterocycles. The zero-order valence-corrected chi connectivity index (χ0v) is 11.2. The molecule has 0 aliphatic rings. The second-order valence-electron chi connectivity index (χ2n) is 5.25. The van der Waals surface area contributed by atoms with Crippen molar-refractivity contribution >= 4 is 5.78 Å². The number of carbonyl (C=O) groups excluding carboxylic acids is 1. The van der Waals surface area contributed by atoms with Gasteiger partial charge in [0.25, 0.3) is 0 Å². The third kappa shape index (κ3) is 5.03. The summed E-state index contributed by atoms with van der Waals surface area (Å²) in [6.45, 7) is 9.04. The number of carbonyl (C=O) groups is 1. The molecule has 0 aliphatic heterocycles. The van der Waals surface area contributed by atoms with Crippen LogP contribution in [0.5, 0.6) is 5.75 Å². The summed E-state index contributed by atoms with van der Waals surface area (Å²) in [5, 5.41) is 0. The molecule has 94 valence electrons. The van der Waals surface area contributed by atoms with Crippen LogP contribution in [-0.2, 0) is 0 Å². The largest absolute Gasteiger partial charge is 0.493 e. The second kappa shape index (κ2) is 6.43. The molecule has 2 heteroatoms. The van der Waals surface area contributed by atoms with Crippen LogP contribution < -0.4 is 4.74 Å². The average molecular weight is 234 g/mol. The van der Waals surface area contributed by atoms with Gasteiger partial charge in [0.15, 0.2) is 5.78 Å². The Morgan fingerprint density at radius 3 is 2.12 bits per heavy atom. The molecule has 1 aromatic carbocycles. The van der Waals surface area contributed by atoms with E-state index in [-0.39, 0.29) is 5.78 Å². The van der Waals surface area contributed by atoms with Crippen LogP contribution in [0.3, 0.4) is 0 Å². The van der Waals surface area contributed by atoms with Gasteiger partial charge in [0.1, 0.15) is 5.75 Å². The van der Waals surface area contributed by atoms with Crippen molar-refractivity contribution in [2.45, 2.75) is 34.1 Å². The normalized spacial score (nSPS) is 10.9. The van der Waals surface area contributed by atoms with Gasteiger partial charge in [-0.15, -0.1) is 0 Å². The van der Waals surface area contributed by atoms with Crippen molar-refractivity contribution < 1.29 is 9.53 Å². The molecule has 1 rings (SSSR count). The Labute approximate surface area is 104 Å². The lowest BCUT2D eigenvalue weighted by Gasteiger charge is -2.09. The number of hydrogen-bond donors (Lipinski definition) is 0. The molecule has 1 aromatic rings. The molecule has 0 atom stereocenters. The lowest BCUT2D eigenvalue weighted by Crippen LogP contribution is -2.05. The Morgan fingerprint density at radius 1 is 1.06 bits per heavy atom. The van der Waals surface area contributed by atoms with Crippen LogP contribution in [0.1, 0.15) is 44.5 Å². The Kier molecular flexibility index (Phi) is 5.20. The second-order valence-corrected chi connectivity index (χ2v) is 5.25. The molecule has 0 aliphatic carbocycles. The van der Waals surface area contributed by atoms with Crippen LogP contribution in [0, 0.1) is 11.8 Å². The minimum Gasteiger partial charge on any atom is -0.493 e. The first-order valence-corrected chi connectivity index (χ1v) is 6.25. The lowest BCUT2D eigenvalue weighted by molar-refractivity contribution is 0.0968. The highest BCUT2D eigenvalue weighted by Gasteiger charge is 2.08. The molecule has 0 radical (unpaired) electrons. The fourth-order valence-corrected chi connectivity index (χ4v) is 1.49. The molecule has 0 spiro atoms. The van der Waals surface area contributed by atoms with Crippen LogP contribution in [0.2, 0.25) is 0 Å². The highest BCUT2D eigenvalue weighted by Crippen LogP contribution is 2.15. The van der Waals surface area contributed by atoms with Crippen LogP contribution in [-0.4, -0.2) is 12.4 Å². The number of hydrogen-bond acceptors (Lipinski definition) is 2. The summed E-state index contributed by atoms with van der Waals surface area (Å²) in [6, 6.07) is 7.44. The van der Waals surface area contributed by atoms with Crippen molar-refractivity contribution in [1.29, 1.82) is 0 Å². The minimum absolute atomic E-state index is 0.204. The van der Waals surface area contributed by atoms with Crippen LogP contribution >= 0.6 is 0 Å². The van der Waals surface area contributed by atoms with Gasteiger partial charge in [-0.25, -0.2) is 0 Å². The molecule has 0 saturated carbocycles. The molecular formula is C15H22O2. The van der Waals surface area contributed by atoms with E-state index in [0.717, 1.165) is 11.3 Å². The van der Waals surface area contributed by atoms with Crippen molar-refractivity contribution in [2.75, 3.05) is 6.61 Å². The third-order valence-corrected chi connectivity index (χ3v) is 2.35. The predicted molar refractivity (Wildman–Crippen MR) is 70.6 cm³/mol. The van der Waals surface area contributed by atoms with Crippen LogP contribution in [0.25, 0.3) is 0 Å². The van der Waals surface area contributed by atoms with Gasteiger partial charge in [-0.1, -0.05) is 27.7 Å². The third-order valence-electron chi connectivity index (χ3n) is 2.35. The molecule has 0 aromatic heterocycles. The summed E-state index contributed by atoms with van der Waals surface area (Å²) in [6.07, 6.45) is 0.603. The first kappa shape index (κ1) is 13.8. The fraction of sp³-hybridized carbons (Fsp3) is 0.533. The van der Waals surface area contributed by atoms with Gasteiger partial charge < -0.3 is 4.74 Å². The maximum atomic E-state index is 11.8. The molecule has 0 amide bonds. The van der Waals surface area contributed by atoms with E-state index in [9.17, 15) is 4.79 Å². The van der Waals surface area contributed by atoms with E-state index in [1.165, 1.54) is 0 Å². The quantitative estimate of drug-likeness (QED) is 0.697. The van der Waals surface area contributed by atoms with E-state index < -0.39 is 0 Å². The first-order chi connectivity index (χ1) is 7.99. The van der Waals surface area contributed by atoms with E-state index in [1.807, 2.05) is 24.3 Å². The summed E-state index contributed by atoms with van der Waals surface area (Å²) in [5.41, 5.74) is 0.774. The Balaban J connectivity index is 2.58. The van der Waals surface area contributed by atoms with Crippen molar-refractivity contribution in [2.24, 2.45) is 11.8 Å². The van der Waals surface area contributed by atoms with Crippen molar-refractivity contribution in [3.8, 4) is 5.75 Å². The van der Waals surface area contributed by atoms with Gasteiger partial charge in [-0.3, -0.25) is 4.79 Å². The molecule has 2 nitrogen and oxygen atoms in total.